The average molecular weight is 557 g/mol. The smallest absolute Gasteiger partial charge is 0.335 e. The molecule has 0 aromatic heterocycles. The van der Waals surface area contributed by atoms with E-state index in [2.05, 4.69) is 102 Å². The van der Waals surface area contributed by atoms with Gasteiger partial charge in [-0.1, -0.05) is 85.7 Å². The van der Waals surface area contributed by atoms with Crippen LogP contribution in [-0.4, -0.2) is 37.3 Å². The predicted molar refractivity (Wildman–Crippen MR) is 171 cm³/mol. The Bertz CT molecular complexity index is 1250. The molecule has 0 bridgehead atoms. The first-order chi connectivity index (χ1) is 19.4. The van der Waals surface area contributed by atoms with E-state index in [1.165, 1.54) is 0 Å². The van der Waals surface area contributed by atoms with Gasteiger partial charge in [0, 0.05) is 66.7 Å². The van der Waals surface area contributed by atoms with Gasteiger partial charge in [0.2, 0.25) is 0 Å². The summed E-state index contributed by atoms with van der Waals surface area (Å²) in [5.41, 5.74) is 5.38. The van der Waals surface area contributed by atoms with E-state index in [-0.39, 0.29) is 5.92 Å². The Balaban J connectivity index is 1.87. The van der Waals surface area contributed by atoms with E-state index in [1.807, 2.05) is 12.1 Å². The van der Waals surface area contributed by atoms with E-state index in [0.29, 0.717) is 29.2 Å². The molecule has 1 N–H and O–H groups in total. The molecule has 0 saturated heterocycles. The Morgan fingerprint density at radius 2 is 1.07 bits per heavy atom. The SMILES string of the molecule is CC(C)CN(CC(C)C)c1ccc2c(c1)Oc1cc(N(CC(C)C)CC(C)C)ccc1C2c1ccccc1C(=O)O. The second-order valence-corrected chi connectivity index (χ2v) is 13.3. The molecule has 1 aliphatic heterocycles. The fourth-order valence-corrected chi connectivity index (χ4v) is 5.99. The summed E-state index contributed by atoms with van der Waals surface area (Å²) in [6.45, 7) is 21.8. The first kappa shape index (κ1) is 30.5. The lowest BCUT2D eigenvalue weighted by atomic mass is 9.80. The molecule has 0 aliphatic carbocycles. The van der Waals surface area contributed by atoms with Crippen molar-refractivity contribution < 1.29 is 14.6 Å². The Morgan fingerprint density at radius 3 is 1.46 bits per heavy atom. The highest BCUT2D eigenvalue weighted by atomic mass is 16.5. The third kappa shape index (κ3) is 7.25. The zero-order chi connectivity index (χ0) is 29.8. The lowest BCUT2D eigenvalue weighted by molar-refractivity contribution is 0.0695. The summed E-state index contributed by atoms with van der Waals surface area (Å²) in [4.78, 5) is 17.2. The molecule has 41 heavy (non-hydrogen) atoms. The van der Waals surface area contributed by atoms with E-state index < -0.39 is 5.97 Å². The molecule has 0 amide bonds. The first-order valence-electron chi connectivity index (χ1n) is 15.2. The molecular weight excluding hydrogens is 508 g/mol. The van der Waals surface area contributed by atoms with Crippen LogP contribution in [0.5, 0.6) is 11.5 Å². The van der Waals surface area contributed by atoms with Gasteiger partial charge in [0.15, 0.2) is 0 Å². The Hall–Kier alpha value is -3.47. The van der Waals surface area contributed by atoms with E-state index in [1.54, 1.807) is 12.1 Å². The molecule has 1 aliphatic rings. The summed E-state index contributed by atoms with van der Waals surface area (Å²) in [5.74, 6) is 2.55. The molecule has 3 aromatic carbocycles. The van der Waals surface area contributed by atoms with Gasteiger partial charge in [0.05, 0.1) is 5.56 Å². The largest absolute Gasteiger partial charge is 0.478 e. The number of carboxylic acid groups (broad SMARTS) is 1. The van der Waals surface area contributed by atoms with Gasteiger partial charge >= 0.3 is 5.97 Å². The summed E-state index contributed by atoms with van der Waals surface area (Å²) >= 11 is 0. The highest BCUT2D eigenvalue weighted by Gasteiger charge is 2.32. The standard InChI is InChI=1S/C36H48N2O3/c1-23(2)19-37(20-24(3)4)27-13-15-31-33(17-27)41-34-18-28(38(21-25(5)6)22-26(7)8)14-16-32(34)35(31)29-11-9-10-12-30(29)36(39)40/h9-18,23-26,35H,19-22H2,1-8H3,(H,39,40). The topological polar surface area (TPSA) is 53.0 Å². The van der Waals surface area contributed by atoms with E-state index >= 15 is 0 Å². The number of hydrogen-bond donors (Lipinski definition) is 1. The average Bonchev–Trinajstić information content (AvgIpc) is 2.89. The van der Waals surface area contributed by atoms with Crippen molar-refractivity contribution >= 4 is 17.3 Å². The van der Waals surface area contributed by atoms with Gasteiger partial charge < -0.3 is 19.6 Å². The molecule has 4 rings (SSSR count). The lowest BCUT2D eigenvalue weighted by Crippen LogP contribution is -2.31. The number of fused-ring (bicyclic) bond motifs is 2. The van der Waals surface area contributed by atoms with Crippen LogP contribution in [0.15, 0.2) is 60.7 Å². The van der Waals surface area contributed by atoms with Crippen LogP contribution in [0, 0.1) is 23.7 Å². The van der Waals surface area contributed by atoms with Crippen LogP contribution in [0.4, 0.5) is 11.4 Å². The summed E-state index contributed by atoms with van der Waals surface area (Å²) in [7, 11) is 0. The van der Waals surface area contributed by atoms with Crippen LogP contribution < -0.4 is 14.5 Å². The highest BCUT2D eigenvalue weighted by molar-refractivity contribution is 5.90. The van der Waals surface area contributed by atoms with Crippen LogP contribution in [0.3, 0.4) is 0 Å². The number of benzene rings is 3. The second kappa shape index (κ2) is 13.0. The minimum absolute atomic E-state index is 0.239. The number of nitrogens with zero attached hydrogens (tertiary/aromatic N) is 2. The monoisotopic (exact) mass is 556 g/mol. The van der Waals surface area contributed by atoms with Gasteiger partial charge in [-0.2, -0.15) is 0 Å². The van der Waals surface area contributed by atoms with Crippen LogP contribution in [0.25, 0.3) is 0 Å². The maximum atomic E-state index is 12.3. The van der Waals surface area contributed by atoms with Gasteiger partial charge in [-0.3, -0.25) is 0 Å². The number of hydrogen-bond acceptors (Lipinski definition) is 4. The Kier molecular flexibility index (Phi) is 9.68. The summed E-state index contributed by atoms with van der Waals surface area (Å²) in [5, 5.41) is 10.1. The predicted octanol–water partition coefficient (Wildman–Crippen LogP) is 8.91. The fourth-order valence-electron chi connectivity index (χ4n) is 5.99. The highest BCUT2D eigenvalue weighted by Crippen LogP contribution is 2.50. The molecule has 5 heteroatoms. The second-order valence-electron chi connectivity index (χ2n) is 13.3. The van der Waals surface area contributed by atoms with Gasteiger partial charge in [-0.15, -0.1) is 0 Å². The number of ether oxygens (including phenoxy) is 1. The molecule has 3 aromatic rings. The van der Waals surface area contributed by atoms with Crippen LogP contribution in [0.1, 0.15) is 88.4 Å². The third-order valence-electron chi connectivity index (χ3n) is 7.41. The first-order valence-corrected chi connectivity index (χ1v) is 15.2. The van der Waals surface area contributed by atoms with Crippen molar-refractivity contribution in [1.82, 2.24) is 0 Å². The lowest BCUT2D eigenvalue weighted by Gasteiger charge is -2.34. The minimum atomic E-state index is -0.913. The molecule has 0 saturated carbocycles. The van der Waals surface area contributed by atoms with Crippen molar-refractivity contribution in [1.29, 1.82) is 0 Å². The molecule has 0 atom stereocenters. The van der Waals surface area contributed by atoms with Crippen molar-refractivity contribution in [3.05, 3.63) is 82.9 Å². The number of anilines is 2. The fraction of sp³-hybridized carbons (Fsp3) is 0.472. The van der Waals surface area contributed by atoms with Crippen molar-refractivity contribution in [2.75, 3.05) is 36.0 Å². The van der Waals surface area contributed by atoms with E-state index in [0.717, 1.165) is 65.7 Å². The van der Waals surface area contributed by atoms with E-state index in [4.69, 9.17) is 4.74 Å². The number of carboxylic acids is 1. The van der Waals surface area contributed by atoms with Crippen LogP contribution >= 0.6 is 0 Å². The van der Waals surface area contributed by atoms with Crippen LogP contribution in [0.2, 0.25) is 0 Å². The molecule has 0 spiro atoms. The Labute approximate surface area is 247 Å². The minimum Gasteiger partial charge on any atom is -0.478 e. The van der Waals surface area contributed by atoms with Gasteiger partial charge in [0.1, 0.15) is 11.5 Å². The molecule has 0 radical (unpaired) electrons. The summed E-state index contributed by atoms with van der Waals surface area (Å²) in [6, 6.07) is 20.3. The van der Waals surface area contributed by atoms with Crippen molar-refractivity contribution in [2.24, 2.45) is 23.7 Å². The van der Waals surface area contributed by atoms with Gasteiger partial charge in [-0.05, 0) is 47.4 Å². The van der Waals surface area contributed by atoms with Crippen molar-refractivity contribution in [2.45, 2.75) is 61.3 Å². The normalized spacial score (nSPS) is 13.0. The third-order valence-corrected chi connectivity index (χ3v) is 7.41. The zero-order valence-corrected chi connectivity index (χ0v) is 26.1. The van der Waals surface area contributed by atoms with Crippen molar-refractivity contribution in [3.63, 3.8) is 0 Å². The number of carbonyl (C=O) groups is 1. The number of rotatable bonds is 12. The van der Waals surface area contributed by atoms with Gasteiger partial charge in [0.25, 0.3) is 0 Å². The van der Waals surface area contributed by atoms with E-state index in [9.17, 15) is 9.90 Å². The Morgan fingerprint density at radius 1 is 0.659 bits per heavy atom. The quantitative estimate of drug-likeness (QED) is 0.189. The van der Waals surface area contributed by atoms with Crippen molar-refractivity contribution in [3.8, 4) is 11.5 Å². The molecule has 220 valence electrons. The molecule has 0 unspecified atom stereocenters. The molecule has 1 heterocycles. The molecule has 0 fully saturated rings. The van der Waals surface area contributed by atoms with Crippen LogP contribution in [-0.2, 0) is 0 Å². The molecule has 5 nitrogen and oxygen atoms in total. The van der Waals surface area contributed by atoms with Gasteiger partial charge in [-0.25, -0.2) is 4.79 Å². The zero-order valence-electron chi connectivity index (χ0n) is 26.1. The maximum Gasteiger partial charge on any atom is 0.335 e. The molecular formula is C36H48N2O3. The number of aromatic carboxylic acids is 1. The summed E-state index contributed by atoms with van der Waals surface area (Å²) in [6.07, 6.45) is 0. The maximum absolute atomic E-state index is 12.3. The summed E-state index contributed by atoms with van der Waals surface area (Å²) < 4.78 is 6.73.